The lowest BCUT2D eigenvalue weighted by atomic mass is 9.81. The van der Waals surface area contributed by atoms with Crippen LogP contribution in [0.5, 0.6) is 0 Å². The predicted molar refractivity (Wildman–Crippen MR) is 98.2 cm³/mol. The summed E-state index contributed by atoms with van der Waals surface area (Å²) in [4.78, 5) is 17.2. The van der Waals surface area contributed by atoms with Crippen LogP contribution in [-0.4, -0.2) is 29.9 Å². The number of hydrogen-bond donors (Lipinski definition) is 2. The quantitative estimate of drug-likeness (QED) is 0.871. The molecule has 25 heavy (non-hydrogen) atoms. The summed E-state index contributed by atoms with van der Waals surface area (Å²) in [5.74, 6) is 0.544. The van der Waals surface area contributed by atoms with Crippen LogP contribution in [0.15, 0.2) is 59.6 Å². The summed E-state index contributed by atoms with van der Waals surface area (Å²) < 4.78 is 14.5. The zero-order valence-electron chi connectivity index (χ0n) is 13.5. The summed E-state index contributed by atoms with van der Waals surface area (Å²) in [6.07, 6.45) is 0. The number of aliphatic imine (C=N–C) groups is 1. The number of carbonyl (C=O) groups excluding carboxylic acids is 1. The van der Waals surface area contributed by atoms with Gasteiger partial charge in [0.2, 0.25) is 0 Å². The highest BCUT2D eigenvalue weighted by molar-refractivity contribution is 8.13. The summed E-state index contributed by atoms with van der Waals surface area (Å²) in [6.45, 7) is 1.37. The van der Waals surface area contributed by atoms with Gasteiger partial charge >= 0.3 is 0 Å². The smallest absolute Gasteiger partial charge is 0.257 e. The van der Waals surface area contributed by atoms with E-state index in [1.807, 2.05) is 24.3 Å². The second-order valence-electron chi connectivity index (χ2n) is 6.28. The molecule has 128 valence electrons. The molecule has 2 aliphatic heterocycles. The van der Waals surface area contributed by atoms with E-state index in [0.717, 1.165) is 12.3 Å². The minimum absolute atomic E-state index is 0.195. The molecule has 0 aliphatic carbocycles. The molecule has 1 unspecified atom stereocenters. The van der Waals surface area contributed by atoms with Gasteiger partial charge in [-0.3, -0.25) is 4.79 Å². The fraction of sp³-hybridized carbons (Fsp3) is 0.263. The maximum atomic E-state index is 14.5. The Balaban J connectivity index is 1.67. The van der Waals surface area contributed by atoms with E-state index in [1.165, 1.54) is 17.8 Å². The van der Waals surface area contributed by atoms with E-state index < -0.39 is 5.54 Å². The molecule has 2 atom stereocenters. The number of thioether (sulfide) groups is 1. The third kappa shape index (κ3) is 2.96. The molecule has 4 rings (SSSR count). The fourth-order valence-electron chi connectivity index (χ4n) is 3.48. The lowest BCUT2D eigenvalue weighted by molar-refractivity contribution is 0.0977. The molecule has 0 radical (unpaired) electrons. The molecule has 1 saturated heterocycles. The zero-order valence-corrected chi connectivity index (χ0v) is 14.4. The SMILES string of the molecule is O=C(NC1=NC2(c3ccccc3F)CNC[C@H]2CS1)c1ccccc1. The predicted octanol–water partition coefficient (Wildman–Crippen LogP) is 2.77. The molecule has 0 aromatic heterocycles. The number of nitrogens with zero attached hydrogens (tertiary/aromatic N) is 1. The van der Waals surface area contributed by atoms with Crippen LogP contribution < -0.4 is 10.6 Å². The van der Waals surface area contributed by atoms with Crippen molar-refractivity contribution in [2.45, 2.75) is 5.54 Å². The monoisotopic (exact) mass is 355 g/mol. The second-order valence-corrected chi connectivity index (χ2v) is 7.29. The minimum atomic E-state index is -0.657. The van der Waals surface area contributed by atoms with Crippen molar-refractivity contribution < 1.29 is 9.18 Å². The average Bonchev–Trinajstić information content (AvgIpc) is 3.07. The molecule has 0 bridgehead atoms. The Bertz CT molecular complexity index is 826. The van der Waals surface area contributed by atoms with Crippen molar-refractivity contribution in [1.29, 1.82) is 0 Å². The Hall–Kier alpha value is -2.18. The second kappa shape index (κ2) is 6.61. The molecule has 0 saturated carbocycles. The van der Waals surface area contributed by atoms with Crippen molar-refractivity contribution in [3.8, 4) is 0 Å². The van der Waals surface area contributed by atoms with E-state index in [1.54, 1.807) is 24.3 Å². The summed E-state index contributed by atoms with van der Waals surface area (Å²) in [5, 5.41) is 6.77. The molecule has 2 aromatic carbocycles. The molecule has 6 heteroatoms. The Morgan fingerprint density at radius 3 is 2.76 bits per heavy atom. The largest absolute Gasteiger partial charge is 0.314 e. The van der Waals surface area contributed by atoms with Crippen molar-refractivity contribution in [3.63, 3.8) is 0 Å². The summed E-state index contributed by atoms with van der Waals surface area (Å²) in [5.41, 5.74) is 0.518. The number of hydrogen-bond acceptors (Lipinski definition) is 4. The van der Waals surface area contributed by atoms with Gasteiger partial charge in [0, 0.05) is 35.9 Å². The number of benzene rings is 2. The third-order valence-corrected chi connectivity index (χ3v) is 5.82. The van der Waals surface area contributed by atoms with Gasteiger partial charge in [-0.2, -0.15) is 0 Å². The number of fused-ring (bicyclic) bond motifs is 1. The Labute approximate surface area is 149 Å². The van der Waals surface area contributed by atoms with Gasteiger partial charge in [-0.25, -0.2) is 9.38 Å². The highest BCUT2D eigenvalue weighted by Crippen LogP contribution is 2.43. The highest BCUT2D eigenvalue weighted by Gasteiger charge is 2.48. The van der Waals surface area contributed by atoms with E-state index >= 15 is 0 Å². The summed E-state index contributed by atoms with van der Waals surface area (Å²) in [6, 6.07) is 15.8. The highest BCUT2D eigenvalue weighted by atomic mass is 32.2. The van der Waals surface area contributed by atoms with E-state index in [2.05, 4.69) is 10.6 Å². The first-order valence-corrected chi connectivity index (χ1v) is 9.22. The minimum Gasteiger partial charge on any atom is -0.314 e. The van der Waals surface area contributed by atoms with Gasteiger partial charge in [0.1, 0.15) is 11.4 Å². The number of nitrogens with one attached hydrogen (secondary N) is 2. The molecular formula is C19H18FN3OS. The fourth-order valence-corrected chi connectivity index (χ4v) is 4.63. The van der Waals surface area contributed by atoms with Gasteiger partial charge in [-0.1, -0.05) is 48.2 Å². The molecule has 4 nitrogen and oxygen atoms in total. The summed E-state index contributed by atoms with van der Waals surface area (Å²) in [7, 11) is 0. The van der Waals surface area contributed by atoms with Crippen molar-refractivity contribution in [3.05, 3.63) is 71.5 Å². The van der Waals surface area contributed by atoms with E-state index in [9.17, 15) is 9.18 Å². The Kier molecular flexibility index (Phi) is 4.31. The first kappa shape index (κ1) is 16.3. The molecule has 2 heterocycles. The molecule has 2 aromatic rings. The van der Waals surface area contributed by atoms with Crippen LogP contribution in [0.2, 0.25) is 0 Å². The van der Waals surface area contributed by atoms with Gasteiger partial charge in [0.15, 0.2) is 5.17 Å². The maximum Gasteiger partial charge on any atom is 0.257 e. The lowest BCUT2D eigenvalue weighted by Crippen LogP contribution is -2.43. The van der Waals surface area contributed by atoms with Crippen LogP contribution in [0, 0.1) is 11.7 Å². The van der Waals surface area contributed by atoms with Crippen molar-refractivity contribution in [2.24, 2.45) is 10.9 Å². The van der Waals surface area contributed by atoms with Crippen molar-refractivity contribution in [1.82, 2.24) is 10.6 Å². The number of amides is 1. The van der Waals surface area contributed by atoms with E-state index in [4.69, 9.17) is 4.99 Å². The van der Waals surface area contributed by atoms with Crippen LogP contribution in [0.25, 0.3) is 0 Å². The van der Waals surface area contributed by atoms with Gasteiger partial charge in [0.25, 0.3) is 5.91 Å². The first-order chi connectivity index (χ1) is 12.2. The van der Waals surface area contributed by atoms with Crippen LogP contribution in [-0.2, 0) is 5.54 Å². The topological polar surface area (TPSA) is 53.5 Å². The Morgan fingerprint density at radius 2 is 1.96 bits per heavy atom. The van der Waals surface area contributed by atoms with Gasteiger partial charge in [0.05, 0.1) is 0 Å². The normalized spacial score (nSPS) is 25.2. The number of rotatable bonds is 2. The lowest BCUT2D eigenvalue weighted by Gasteiger charge is -2.35. The van der Waals surface area contributed by atoms with Crippen LogP contribution in [0.1, 0.15) is 15.9 Å². The first-order valence-electron chi connectivity index (χ1n) is 8.24. The molecule has 1 amide bonds. The van der Waals surface area contributed by atoms with Gasteiger partial charge < -0.3 is 10.6 Å². The molecular weight excluding hydrogens is 337 g/mol. The van der Waals surface area contributed by atoms with Gasteiger partial charge in [-0.05, 0) is 18.2 Å². The van der Waals surface area contributed by atoms with Crippen LogP contribution in [0.3, 0.4) is 0 Å². The third-order valence-electron chi connectivity index (χ3n) is 4.78. The van der Waals surface area contributed by atoms with Crippen LogP contribution >= 0.6 is 11.8 Å². The van der Waals surface area contributed by atoms with E-state index in [0.29, 0.717) is 22.8 Å². The molecule has 1 fully saturated rings. The van der Waals surface area contributed by atoms with Gasteiger partial charge in [-0.15, -0.1) is 0 Å². The number of amidine groups is 1. The average molecular weight is 355 g/mol. The van der Waals surface area contributed by atoms with Crippen molar-refractivity contribution in [2.75, 3.05) is 18.8 Å². The number of halogens is 1. The summed E-state index contributed by atoms with van der Waals surface area (Å²) >= 11 is 1.52. The Morgan fingerprint density at radius 1 is 1.20 bits per heavy atom. The molecule has 0 spiro atoms. The standard InChI is InChI=1S/C19H18FN3OS/c20-16-9-5-4-8-15(16)19-12-21-10-14(19)11-25-18(23-19)22-17(24)13-6-2-1-3-7-13/h1-9,14,21H,10-12H2,(H,22,23,24)/t14-,19?/m0/s1. The molecule has 2 N–H and O–H groups in total. The zero-order chi connectivity index (χ0) is 17.3. The van der Waals surface area contributed by atoms with E-state index in [-0.39, 0.29) is 17.6 Å². The maximum absolute atomic E-state index is 14.5. The molecule has 2 aliphatic rings. The number of carbonyl (C=O) groups is 1. The van der Waals surface area contributed by atoms with Crippen molar-refractivity contribution >= 4 is 22.8 Å². The van der Waals surface area contributed by atoms with Crippen LogP contribution in [0.4, 0.5) is 4.39 Å².